The summed E-state index contributed by atoms with van der Waals surface area (Å²) in [6, 6.07) is 0. The molecular formula is C28H56O3. The van der Waals surface area contributed by atoms with E-state index < -0.39 is 0 Å². The minimum atomic E-state index is 0.0267. The van der Waals surface area contributed by atoms with Gasteiger partial charge in [-0.3, -0.25) is 0 Å². The molecular weight excluding hydrogens is 384 g/mol. The lowest BCUT2D eigenvalue weighted by Gasteiger charge is -2.18. The third kappa shape index (κ3) is 25.8. The fourth-order valence-electron chi connectivity index (χ4n) is 3.82. The molecule has 3 nitrogen and oxygen atoms in total. The molecule has 0 spiro atoms. The Labute approximate surface area is 195 Å². The van der Waals surface area contributed by atoms with Gasteiger partial charge >= 0.3 is 0 Å². The van der Waals surface area contributed by atoms with Crippen LogP contribution in [0.15, 0.2) is 12.2 Å². The normalized spacial score (nSPS) is 11.9. The van der Waals surface area contributed by atoms with E-state index in [9.17, 15) is 0 Å². The number of aliphatic hydroxyl groups is 1. The van der Waals surface area contributed by atoms with E-state index in [1.165, 1.54) is 103 Å². The first kappa shape index (κ1) is 30.6. The third-order valence-corrected chi connectivity index (χ3v) is 5.88. The Hall–Kier alpha value is -0.380. The van der Waals surface area contributed by atoms with E-state index in [4.69, 9.17) is 14.6 Å². The highest BCUT2D eigenvalue weighted by molar-refractivity contribution is 4.80. The lowest BCUT2D eigenvalue weighted by atomic mass is 10.0. The molecule has 0 saturated heterocycles. The average molecular weight is 441 g/mol. The molecule has 0 atom stereocenters. The molecule has 31 heavy (non-hydrogen) atoms. The van der Waals surface area contributed by atoms with E-state index in [1.807, 2.05) is 0 Å². The van der Waals surface area contributed by atoms with Gasteiger partial charge < -0.3 is 14.6 Å². The molecule has 186 valence electrons. The first-order valence-corrected chi connectivity index (χ1v) is 13.8. The Balaban J connectivity index is 3.49. The molecule has 3 heteroatoms. The highest BCUT2D eigenvalue weighted by Crippen LogP contribution is 2.15. The van der Waals surface area contributed by atoms with Gasteiger partial charge in [-0.1, -0.05) is 109 Å². The molecule has 0 aromatic rings. The first-order chi connectivity index (χ1) is 15.3. The van der Waals surface area contributed by atoms with Crippen LogP contribution in [0.2, 0.25) is 0 Å². The van der Waals surface area contributed by atoms with Crippen LogP contribution in [0.4, 0.5) is 0 Å². The van der Waals surface area contributed by atoms with Crippen molar-refractivity contribution in [1.82, 2.24) is 0 Å². The van der Waals surface area contributed by atoms with Crippen LogP contribution in [0.25, 0.3) is 0 Å². The third-order valence-electron chi connectivity index (χ3n) is 5.88. The largest absolute Gasteiger partial charge is 0.396 e. The molecule has 0 rings (SSSR count). The summed E-state index contributed by atoms with van der Waals surface area (Å²) in [5.41, 5.74) is 0. The van der Waals surface area contributed by atoms with Crippen LogP contribution in [-0.2, 0) is 9.47 Å². The second kappa shape index (κ2) is 27.7. The van der Waals surface area contributed by atoms with Gasteiger partial charge in [0.1, 0.15) is 0 Å². The monoisotopic (exact) mass is 440 g/mol. The minimum absolute atomic E-state index is 0.0267. The van der Waals surface area contributed by atoms with Crippen LogP contribution in [-0.4, -0.2) is 31.2 Å². The SMILES string of the molecule is CCCCCOC(CCCCCCCCCCCCC/C=C/CCO)OCCCCC. The van der Waals surface area contributed by atoms with Crippen molar-refractivity contribution in [3.8, 4) is 0 Å². The zero-order valence-corrected chi connectivity index (χ0v) is 21.3. The van der Waals surface area contributed by atoms with Crippen LogP contribution in [0.3, 0.4) is 0 Å². The van der Waals surface area contributed by atoms with Gasteiger partial charge in [-0.05, 0) is 44.9 Å². The summed E-state index contributed by atoms with van der Waals surface area (Å²) in [6.45, 7) is 6.46. The maximum Gasteiger partial charge on any atom is 0.157 e. The van der Waals surface area contributed by atoms with E-state index in [0.717, 1.165) is 38.9 Å². The summed E-state index contributed by atoms with van der Waals surface area (Å²) in [6.07, 6.45) is 29.6. The second-order valence-electron chi connectivity index (χ2n) is 9.04. The molecule has 0 heterocycles. The Morgan fingerprint density at radius 3 is 1.48 bits per heavy atom. The maximum absolute atomic E-state index is 8.72. The summed E-state index contributed by atoms with van der Waals surface area (Å²) in [4.78, 5) is 0. The zero-order chi connectivity index (χ0) is 22.7. The Morgan fingerprint density at radius 1 is 0.548 bits per heavy atom. The van der Waals surface area contributed by atoms with Crippen LogP contribution >= 0.6 is 0 Å². The van der Waals surface area contributed by atoms with E-state index in [0.29, 0.717) is 0 Å². The molecule has 0 aliphatic rings. The molecule has 0 bridgehead atoms. The average Bonchev–Trinajstić information content (AvgIpc) is 2.78. The van der Waals surface area contributed by atoms with Crippen LogP contribution < -0.4 is 0 Å². The van der Waals surface area contributed by atoms with Crippen molar-refractivity contribution in [3.05, 3.63) is 12.2 Å². The standard InChI is InChI=1S/C28H56O3/c1-3-5-22-26-30-28(31-27-23-6-4-2)24-20-18-16-14-12-10-8-7-9-11-13-15-17-19-21-25-29/h17,19,28-29H,3-16,18,20-27H2,1-2H3/b19-17+. The topological polar surface area (TPSA) is 38.7 Å². The van der Waals surface area contributed by atoms with Crippen LogP contribution in [0, 0.1) is 0 Å². The molecule has 1 N–H and O–H groups in total. The van der Waals surface area contributed by atoms with Gasteiger partial charge in [-0.15, -0.1) is 0 Å². The van der Waals surface area contributed by atoms with Gasteiger partial charge in [0.05, 0.1) is 0 Å². The predicted octanol–water partition coefficient (Wildman–Crippen LogP) is 8.74. The molecule has 0 unspecified atom stereocenters. The fourth-order valence-corrected chi connectivity index (χ4v) is 3.82. The van der Waals surface area contributed by atoms with Gasteiger partial charge in [-0.25, -0.2) is 0 Å². The summed E-state index contributed by atoms with van der Waals surface area (Å²) in [7, 11) is 0. The Bertz CT molecular complexity index is 331. The van der Waals surface area contributed by atoms with E-state index in [2.05, 4.69) is 26.0 Å². The molecule has 0 amide bonds. The number of unbranched alkanes of at least 4 members (excludes halogenated alkanes) is 15. The quantitative estimate of drug-likeness (QED) is 0.0830. The fraction of sp³-hybridized carbons (Fsp3) is 0.929. The molecule has 0 aliphatic carbocycles. The van der Waals surface area contributed by atoms with Gasteiger partial charge in [0.25, 0.3) is 0 Å². The van der Waals surface area contributed by atoms with Gasteiger partial charge in [-0.2, -0.15) is 0 Å². The number of aliphatic hydroxyl groups excluding tert-OH is 1. The van der Waals surface area contributed by atoms with Crippen LogP contribution in [0.5, 0.6) is 0 Å². The Morgan fingerprint density at radius 2 is 1.00 bits per heavy atom. The van der Waals surface area contributed by atoms with E-state index >= 15 is 0 Å². The summed E-state index contributed by atoms with van der Waals surface area (Å²) in [5.74, 6) is 0. The van der Waals surface area contributed by atoms with Crippen molar-refractivity contribution in [2.75, 3.05) is 19.8 Å². The van der Waals surface area contributed by atoms with Gasteiger partial charge in [0.15, 0.2) is 6.29 Å². The van der Waals surface area contributed by atoms with Crippen molar-refractivity contribution in [2.24, 2.45) is 0 Å². The molecule has 0 saturated carbocycles. The van der Waals surface area contributed by atoms with Crippen molar-refractivity contribution in [2.45, 2.75) is 149 Å². The molecule has 0 aromatic heterocycles. The summed E-state index contributed by atoms with van der Waals surface area (Å²) in [5, 5.41) is 8.72. The summed E-state index contributed by atoms with van der Waals surface area (Å²) < 4.78 is 12.0. The van der Waals surface area contributed by atoms with Gasteiger partial charge in [0.2, 0.25) is 0 Å². The number of hydrogen-bond donors (Lipinski definition) is 1. The molecule has 0 aliphatic heterocycles. The molecule has 0 radical (unpaired) electrons. The minimum Gasteiger partial charge on any atom is -0.396 e. The highest BCUT2D eigenvalue weighted by atomic mass is 16.7. The lowest BCUT2D eigenvalue weighted by Crippen LogP contribution is -2.19. The zero-order valence-electron chi connectivity index (χ0n) is 21.3. The van der Waals surface area contributed by atoms with Crippen LogP contribution in [0.1, 0.15) is 142 Å². The maximum atomic E-state index is 8.72. The molecule has 0 fully saturated rings. The predicted molar refractivity (Wildman–Crippen MR) is 136 cm³/mol. The first-order valence-electron chi connectivity index (χ1n) is 13.8. The van der Waals surface area contributed by atoms with Gasteiger partial charge in [0, 0.05) is 19.8 Å². The number of rotatable bonds is 26. The number of ether oxygens (including phenoxy) is 2. The smallest absolute Gasteiger partial charge is 0.157 e. The summed E-state index contributed by atoms with van der Waals surface area (Å²) >= 11 is 0. The van der Waals surface area contributed by atoms with Crippen molar-refractivity contribution >= 4 is 0 Å². The number of hydrogen-bond acceptors (Lipinski definition) is 3. The Kier molecular flexibility index (Phi) is 27.3. The lowest BCUT2D eigenvalue weighted by molar-refractivity contribution is -0.148. The van der Waals surface area contributed by atoms with Crippen molar-refractivity contribution in [1.29, 1.82) is 0 Å². The van der Waals surface area contributed by atoms with E-state index in [-0.39, 0.29) is 12.9 Å². The second-order valence-corrected chi connectivity index (χ2v) is 9.04. The van der Waals surface area contributed by atoms with Crippen molar-refractivity contribution in [3.63, 3.8) is 0 Å². The van der Waals surface area contributed by atoms with Crippen molar-refractivity contribution < 1.29 is 14.6 Å². The number of allylic oxidation sites excluding steroid dienone is 1. The molecule has 0 aromatic carbocycles. The highest BCUT2D eigenvalue weighted by Gasteiger charge is 2.09. The van der Waals surface area contributed by atoms with E-state index in [1.54, 1.807) is 0 Å².